The topological polar surface area (TPSA) is 78.9 Å². The van der Waals surface area contributed by atoms with Gasteiger partial charge in [-0.25, -0.2) is 0 Å². The third-order valence-electron chi connectivity index (χ3n) is 11.8. The Bertz CT molecular complexity index is 1110. The number of allylic oxidation sites excluding steroid dienone is 8. The lowest BCUT2D eigenvalue weighted by atomic mass is 10.0. The van der Waals surface area contributed by atoms with Crippen LogP contribution < -0.4 is 0 Å². The minimum Gasteiger partial charge on any atom is -0.462 e. The second-order valence-electron chi connectivity index (χ2n) is 18.1. The molecule has 0 radical (unpaired) electrons. The molecule has 0 rings (SSSR count). The first-order valence-corrected chi connectivity index (χ1v) is 27.1. The van der Waals surface area contributed by atoms with Crippen molar-refractivity contribution < 1.29 is 28.6 Å². The third-order valence-corrected chi connectivity index (χ3v) is 11.8. The van der Waals surface area contributed by atoms with Crippen molar-refractivity contribution >= 4 is 17.9 Å². The van der Waals surface area contributed by atoms with Gasteiger partial charge in [0.05, 0.1) is 0 Å². The van der Waals surface area contributed by atoms with Gasteiger partial charge in [-0.2, -0.15) is 0 Å². The van der Waals surface area contributed by atoms with Crippen LogP contribution >= 0.6 is 0 Å². The lowest BCUT2D eigenvalue weighted by molar-refractivity contribution is -0.167. The van der Waals surface area contributed by atoms with Crippen LogP contribution in [0.15, 0.2) is 48.6 Å². The molecule has 366 valence electrons. The number of rotatable bonds is 49. The van der Waals surface area contributed by atoms with Crippen molar-refractivity contribution in [3.05, 3.63) is 48.6 Å². The second-order valence-corrected chi connectivity index (χ2v) is 18.1. The van der Waals surface area contributed by atoms with E-state index in [9.17, 15) is 14.4 Å². The Morgan fingerprint density at radius 1 is 0.333 bits per heavy atom. The fourth-order valence-corrected chi connectivity index (χ4v) is 7.79. The molecule has 0 fully saturated rings. The van der Waals surface area contributed by atoms with Crippen molar-refractivity contribution in [3.8, 4) is 0 Å². The molecule has 0 aromatic rings. The molecule has 0 saturated carbocycles. The van der Waals surface area contributed by atoms with E-state index in [0.29, 0.717) is 19.3 Å². The maximum absolute atomic E-state index is 12.8. The summed E-state index contributed by atoms with van der Waals surface area (Å²) in [6.45, 7) is 6.53. The van der Waals surface area contributed by atoms with E-state index in [4.69, 9.17) is 14.2 Å². The van der Waals surface area contributed by atoms with Crippen LogP contribution in [0.2, 0.25) is 0 Å². The highest BCUT2D eigenvalue weighted by Crippen LogP contribution is 2.16. The van der Waals surface area contributed by atoms with Crippen molar-refractivity contribution in [2.45, 2.75) is 284 Å². The van der Waals surface area contributed by atoms with Crippen LogP contribution in [0.3, 0.4) is 0 Å². The molecule has 0 aliphatic carbocycles. The maximum Gasteiger partial charge on any atom is 0.306 e. The summed E-state index contributed by atoms with van der Waals surface area (Å²) in [6, 6.07) is 0. The molecule has 0 aliphatic rings. The lowest BCUT2D eigenvalue weighted by Gasteiger charge is -2.18. The number of hydrogen-bond acceptors (Lipinski definition) is 6. The van der Waals surface area contributed by atoms with E-state index in [1.54, 1.807) is 0 Å². The van der Waals surface area contributed by atoms with Gasteiger partial charge in [0, 0.05) is 19.3 Å². The summed E-state index contributed by atoms with van der Waals surface area (Å²) in [6.07, 6.45) is 62.3. The van der Waals surface area contributed by atoms with Gasteiger partial charge in [0.2, 0.25) is 0 Å². The van der Waals surface area contributed by atoms with E-state index in [0.717, 1.165) is 96.3 Å². The number of carbonyl (C=O) groups is 3. The molecule has 0 aromatic heterocycles. The van der Waals surface area contributed by atoms with Crippen molar-refractivity contribution in [3.63, 3.8) is 0 Å². The van der Waals surface area contributed by atoms with E-state index >= 15 is 0 Å². The smallest absolute Gasteiger partial charge is 0.306 e. The van der Waals surface area contributed by atoms with Gasteiger partial charge in [0.15, 0.2) is 6.10 Å². The zero-order valence-corrected chi connectivity index (χ0v) is 41.8. The molecular weight excluding hydrogens is 781 g/mol. The van der Waals surface area contributed by atoms with Crippen molar-refractivity contribution in [2.75, 3.05) is 13.2 Å². The molecule has 0 N–H and O–H groups in total. The average molecular weight is 883 g/mol. The standard InChI is InChI=1S/C57H102O6/c1-4-7-10-13-16-19-22-25-28-29-30-33-35-38-41-44-47-50-56(59)62-53-54(63-57(60)51-48-45-42-39-36-32-27-24-21-18-15-12-9-6-3)52-61-55(58)49-46-43-40-37-34-31-26-23-20-17-14-11-8-5-2/h7,10,16,19,25,28,30,33,54H,4-6,8-9,11-15,17-18,20-24,26-27,29,31-32,34-53H2,1-3H3/b10-7-,19-16-,28-25-,33-30-. The van der Waals surface area contributed by atoms with Crippen LogP contribution in [-0.2, 0) is 28.6 Å². The first kappa shape index (κ1) is 60.4. The van der Waals surface area contributed by atoms with Crippen molar-refractivity contribution in [2.24, 2.45) is 0 Å². The van der Waals surface area contributed by atoms with Gasteiger partial charge in [0.1, 0.15) is 13.2 Å². The van der Waals surface area contributed by atoms with Crippen LogP contribution in [0.5, 0.6) is 0 Å². The summed E-state index contributed by atoms with van der Waals surface area (Å²) in [5, 5.41) is 0. The largest absolute Gasteiger partial charge is 0.462 e. The summed E-state index contributed by atoms with van der Waals surface area (Å²) < 4.78 is 16.8. The SMILES string of the molecule is CC/C=C\C/C=C\C/C=C\C/C=C\CCCCCCC(=O)OCC(COC(=O)CCCCCCCCCCCCCCCC)OC(=O)CCCCCCCCCCCCCCCC. The minimum absolute atomic E-state index is 0.0769. The number of carbonyl (C=O) groups excluding carboxylic acids is 3. The Hall–Kier alpha value is -2.63. The number of ether oxygens (including phenoxy) is 3. The first-order valence-electron chi connectivity index (χ1n) is 27.1. The summed E-state index contributed by atoms with van der Waals surface area (Å²) in [5.74, 6) is -0.888. The number of unbranched alkanes of at least 4 members (excludes halogenated alkanes) is 30. The number of hydrogen-bond donors (Lipinski definition) is 0. The summed E-state index contributed by atoms with van der Waals surface area (Å²) in [5.41, 5.74) is 0. The van der Waals surface area contributed by atoms with E-state index < -0.39 is 6.10 Å². The Labute approximate surface area is 390 Å². The van der Waals surface area contributed by atoms with Crippen molar-refractivity contribution in [1.29, 1.82) is 0 Å². The Morgan fingerprint density at radius 2 is 0.619 bits per heavy atom. The summed E-state index contributed by atoms with van der Waals surface area (Å²) in [7, 11) is 0. The molecule has 0 bridgehead atoms. The van der Waals surface area contributed by atoms with Gasteiger partial charge in [-0.15, -0.1) is 0 Å². The molecule has 0 heterocycles. The zero-order chi connectivity index (χ0) is 45.8. The highest BCUT2D eigenvalue weighted by molar-refractivity contribution is 5.71. The minimum atomic E-state index is -0.778. The molecule has 0 aliphatic heterocycles. The van der Waals surface area contributed by atoms with E-state index in [1.807, 2.05) is 0 Å². The fourth-order valence-electron chi connectivity index (χ4n) is 7.79. The molecule has 1 atom stereocenters. The molecule has 6 heteroatoms. The highest BCUT2D eigenvalue weighted by Gasteiger charge is 2.19. The Kier molecular flexibility index (Phi) is 49.8. The van der Waals surface area contributed by atoms with Gasteiger partial charge in [0.25, 0.3) is 0 Å². The number of esters is 3. The molecule has 6 nitrogen and oxygen atoms in total. The van der Waals surface area contributed by atoms with E-state index in [2.05, 4.69) is 69.4 Å². The van der Waals surface area contributed by atoms with Crippen LogP contribution in [0, 0.1) is 0 Å². The first-order chi connectivity index (χ1) is 31.0. The molecule has 63 heavy (non-hydrogen) atoms. The van der Waals surface area contributed by atoms with E-state index in [1.165, 1.54) is 141 Å². The molecule has 0 aromatic carbocycles. The zero-order valence-electron chi connectivity index (χ0n) is 41.8. The summed E-state index contributed by atoms with van der Waals surface area (Å²) in [4.78, 5) is 38.0. The molecule has 0 spiro atoms. The molecule has 0 saturated heterocycles. The van der Waals surface area contributed by atoms with E-state index in [-0.39, 0.29) is 31.1 Å². The predicted octanol–water partition coefficient (Wildman–Crippen LogP) is 17.9. The van der Waals surface area contributed by atoms with Crippen molar-refractivity contribution in [1.82, 2.24) is 0 Å². The Morgan fingerprint density at radius 3 is 0.968 bits per heavy atom. The van der Waals surface area contributed by atoms with Gasteiger partial charge in [-0.1, -0.05) is 249 Å². The van der Waals surface area contributed by atoms with Crippen LogP contribution in [0.25, 0.3) is 0 Å². The van der Waals surface area contributed by atoms with Gasteiger partial charge in [-0.3, -0.25) is 14.4 Å². The maximum atomic E-state index is 12.8. The average Bonchev–Trinajstić information content (AvgIpc) is 3.28. The summed E-state index contributed by atoms with van der Waals surface area (Å²) >= 11 is 0. The van der Waals surface area contributed by atoms with Gasteiger partial charge >= 0.3 is 17.9 Å². The quantitative estimate of drug-likeness (QED) is 0.0262. The predicted molar refractivity (Wildman–Crippen MR) is 270 cm³/mol. The van der Waals surface area contributed by atoms with Crippen LogP contribution in [-0.4, -0.2) is 37.2 Å². The van der Waals surface area contributed by atoms with Gasteiger partial charge in [-0.05, 0) is 57.8 Å². The fraction of sp³-hybridized carbons (Fsp3) is 0.807. The molecule has 1 unspecified atom stereocenters. The van der Waals surface area contributed by atoms with Crippen LogP contribution in [0.4, 0.5) is 0 Å². The Balaban J connectivity index is 4.39. The second kappa shape index (κ2) is 52.0. The molecule has 0 amide bonds. The van der Waals surface area contributed by atoms with Gasteiger partial charge < -0.3 is 14.2 Å². The lowest BCUT2D eigenvalue weighted by Crippen LogP contribution is -2.30. The normalized spacial score (nSPS) is 12.4. The molecular formula is C57H102O6. The van der Waals surface area contributed by atoms with Crippen LogP contribution in [0.1, 0.15) is 278 Å². The monoisotopic (exact) mass is 883 g/mol. The third kappa shape index (κ3) is 50.2. The highest BCUT2D eigenvalue weighted by atomic mass is 16.6.